The van der Waals surface area contributed by atoms with Gasteiger partial charge in [-0.2, -0.15) is 22.0 Å². The van der Waals surface area contributed by atoms with Crippen LogP contribution in [0.3, 0.4) is 0 Å². The molecular weight excluding hydrogens is 611 g/mol. The number of sulfone groups is 1. The summed E-state index contributed by atoms with van der Waals surface area (Å²) in [5.74, 6) is -5.54. The lowest BCUT2D eigenvalue weighted by atomic mass is 9.95. The van der Waals surface area contributed by atoms with Crippen LogP contribution in [-0.4, -0.2) is 82.3 Å². The molecule has 44 heavy (non-hydrogen) atoms. The van der Waals surface area contributed by atoms with E-state index in [1.807, 2.05) is 4.90 Å². The highest BCUT2D eigenvalue weighted by molar-refractivity contribution is 7.93. The molecule has 2 aliphatic heterocycles. The Bertz CT molecular complexity index is 1340. The number of hydroxylamine groups is 1. The minimum atomic E-state index is -5.61. The molecule has 0 spiro atoms. The van der Waals surface area contributed by atoms with Crippen molar-refractivity contribution in [3.63, 3.8) is 0 Å². The highest BCUT2D eigenvalue weighted by Gasteiger charge is 2.56. The molecule has 244 valence electrons. The molecule has 1 atom stereocenters. The van der Waals surface area contributed by atoms with Crippen LogP contribution in [0.1, 0.15) is 44.1 Å². The van der Waals surface area contributed by atoms with Gasteiger partial charge in [0, 0.05) is 46.2 Å². The van der Waals surface area contributed by atoms with Gasteiger partial charge in [0.1, 0.15) is 0 Å². The second-order valence-corrected chi connectivity index (χ2v) is 13.4. The number of nitrogens with zero attached hydrogens (tertiary/aromatic N) is 1. The van der Waals surface area contributed by atoms with Crippen LogP contribution in [0.25, 0.3) is 11.1 Å². The zero-order chi connectivity index (χ0) is 32.0. The number of ether oxygens (including phenoxy) is 2. The molecule has 0 radical (unpaired) electrons. The number of piperidine rings is 1. The second kappa shape index (κ2) is 14.2. The number of hydrogen-bond acceptors (Lipinski definition) is 7. The zero-order valence-electron chi connectivity index (χ0n) is 24.4. The number of nitrogens with one attached hydrogen (secondary N) is 1. The molecule has 14 heteroatoms. The van der Waals surface area contributed by atoms with Crippen molar-refractivity contribution in [1.29, 1.82) is 0 Å². The fourth-order valence-electron chi connectivity index (χ4n) is 5.35. The number of carbonyl (C=O) groups excluding carboxylic acids is 1. The van der Waals surface area contributed by atoms with Crippen LogP contribution < -0.4 is 5.48 Å². The third kappa shape index (κ3) is 7.76. The van der Waals surface area contributed by atoms with E-state index in [0.717, 1.165) is 12.8 Å². The fraction of sp³-hybridized carbons (Fsp3) is 0.567. The van der Waals surface area contributed by atoms with Gasteiger partial charge in [-0.3, -0.25) is 4.79 Å². The number of rotatable bonds is 12. The van der Waals surface area contributed by atoms with E-state index < -0.39 is 51.7 Å². The van der Waals surface area contributed by atoms with Crippen molar-refractivity contribution in [3.05, 3.63) is 54.1 Å². The lowest BCUT2D eigenvalue weighted by molar-refractivity contribution is -0.284. The van der Waals surface area contributed by atoms with Gasteiger partial charge in [-0.25, -0.2) is 18.7 Å². The van der Waals surface area contributed by atoms with Crippen molar-refractivity contribution >= 4 is 15.7 Å². The lowest BCUT2D eigenvalue weighted by Crippen LogP contribution is -2.58. The normalized spacial score (nSPS) is 19.9. The summed E-state index contributed by atoms with van der Waals surface area (Å²) in [4.78, 5) is 21.0. The molecule has 2 fully saturated rings. The maximum Gasteiger partial charge on any atom is 0.453 e. The van der Waals surface area contributed by atoms with E-state index in [1.165, 1.54) is 24.3 Å². The molecule has 2 heterocycles. The van der Waals surface area contributed by atoms with Gasteiger partial charge in [-0.05, 0) is 60.9 Å². The minimum Gasteiger partial charge on any atom is -0.383 e. The van der Waals surface area contributed by atoms with Crippen molar-refractivity contribution in [1.82, 2.24) is 10.4 Å². The van der Waals surface area contributed by atoms with Crippen molar-refractivity contribution in [2.75, 3.05) is 40.0 Å². The van der Waals surface area contributed by atoms with E-state index >= 15 is 0 Å². The molecule has 1 N–H and O–H groups in total. The second-order valence-electron chi connectivity index (χ2n) is 11.1. The molecule has 0 aliphatic carbocycles. The number of hydrogen-bond donors (Lipinski definition) is 1. The summed E-state index contributed by atoms with van der Waals surface area (Å²) in [6.07, 6.45) is -5.69. The highest BCUT2D eigenvalue weighted by atomic mass is 32.2. The Morgan fingerprint density at radius 2 is 1.61 bits per heavy atom. The van der Waals surface area contributed by atoms with Crippen LogP contribution in [0.15, 0.2) is 53.4 Å². The number of benzene rings is 2. The lowest BCUT2D eigenvalue weighted by Gasteiger charge is -2.40. The van der Waals surface area contributed by atoms with Gasteiger partial charge in [0.25, 0.3) is 5.91 Å². The first-order valence-electron chi connectivity index (χ1n) is 14.5. The Hall–Kier alpha value is -2.65. The summed E-state index contributed by atoms with van der Waals surface area (Å²) < 4.78 is 101. The van der Waals surface area contributed by atoms with Crippen molar-refractivity contribution in [3.8, 4) is 11.1 Å². The van der Waals surface area contributed by atoms with Gasteiger partial charge in [0.15, 0.2) is 20.9 Å². The number of carbonyl (C=O) groups is 1. The van der Waals surface area contributed by atoms with Crippen LogP contribution in [0.2, 0.25) is 0 Å². The molecule has 2 aliphatic rings. The number of amides is 1. The number of halogens is 5. The SMILES string of the molecule is COCCN1CCC(C(=O)NOC2CCCCO2)(S(=O)(=O)c2ccc(-c3ccc(CCC(F)(F)C(F)(F)F)cc3)cc2)CC1. The first-order chi connectivity index (χ1) is 20.8. The molecule has 0 aromatic heterocycles. The van der Waals surface area contributed by atoms with Gasteiger partial charge in [0.2, 0.25) is 0 Å². The van der Waals surface area contributed by atoms with E-state index in [1.54, 1.807) is 31.4 Å². The van der Waals surface area contributed by atoms with Gasteiger partial charge in [-0.15, -0.1) is 0 Å². The van der Waals surface area contributed by atoms with Crippen LogP contribution in [0.5, 0.6) is 0 Å². The van der Waals surface area contributed by atoms with Crippen LogP contribution in [0, 0.1) is 0 Å². The Balaban J connectivity index is 1.50. The molecule has 0 bridgehead atoms. The van der Waals surface area contributed by atoms with E-state index in [9.17, 15) is 35.2 Å². The summed E-state index contributed by atoms with van der Waals surface area (Å²) in [6.45, 7) is 2.27. The van der Waals surface area contributed by atoms with Gasteiger partial charge >= 0.3 is 12.1 Å². The van der Waals surface area contributed by atoms with Gasteiger partial charge in [0.05, 0.1) is 11.5 Å². The number of methoxy groups -OCH3 is 1. The summed E-state index contributed by atoms with van der Waals surface area (Å²) in [5.41, 5.74) is 3.89. The predicted molar refractivity (Wildman–Crippen MR) is 151 cm³/mol. The van der Waals surface area contributed by atoms with Crippen molar-refractivity contribution in [2.45, 2.75) is 73.0 Å². The summed E-state index contributed by atoms with van der Waals surface area (Å²) in [6, 6.07) is 12.0. The van der Waals surface area contributed by atoms with Gasteiger partial charge < -0.3 is 14.4 Å². The predicted octanol–water partition coefficient (Wildman–Crippen LogP) is 5.31. The summed E-state index contributed by atoms with van der Waals surface area (Å²) in [5, 5.41) is 0. The molecule has 2 saturated heterocycles. The quantitative estimate of drug-likeness (QED) is 0.246. The molecule has 8 nitrogen and oxygen atoms in total. The number of aryl methyl sites for hydroxylation is 1. The van der Waals surface area contributed by atoms with E-state index in [-0.39, 0.29) is 17.7 Å². The van der Waals surface area contributed by atoms with Crippen LogP contribution in [-0.2, 0) is 35.4 Å². The van der Waals surface area contributed by atoms with Crippen LogP contribution in [0.4, 0.5) is 22.0 Å². The molecule has 1 amide bonds. The van der Waals surface area contributed by atoms with Crippen molar-refractivity contribution < 1.29 is 49.5 Å². The standard InChI is InChI=1S/C30H37F5N2O6S/c1-41-21-19-37-17-15-28(16-18-37,27(38)36-43-26-4-2-3-20-42-26)44(39,40)25-11-9-24(10-12-25)23-7-5-22(6-8-23)13-14-29(31,32)30(33,34)35/h5-12,26H,2-4,13-21H2,1H3,(H,36,38). The third-order valence-corrected chi connectivity index (χ3v) is 10.7. The van der Waals surface area contributed by atoms with Crippen molar-refractivity contribution in [2.24, 2.45) is 0 Å². The van der Waals surface area contributed by atoms with Crippen LogP contribution >= 0.6 is 0 Å². The Morgan fingerprint density at radius 3 is 2.16 bits per heavy atom. The number of likely N-dealkylation sites (tertiary alicyclic amines) is 1. The summed E-state index contributed by atoms with van der Waals surface area (Å²) in [7, 11) is -2.63. The first-order valence-corrected chi connectivity index (χ1v) is 15.9. The van der Waals surface area contributed by atoms with E-state index in [0.29, 0.717) is 56.0 Å². The molecule has 0 saturated carbocycles. The molecule has 1 unspecified atom stereocenters. The maximum atomic E-state index is 14.1. The largest absolute Gasteiger partial charge is 0.453 e. The maximum absolute atomic E-state index is 14.1. The molecular formula is C30H37F5N2O6S. The van der Waals surface area contributed by atoms with E-state index in [2.05, 4.69) is 5.48 Å². The Labute approximate surface area is 253 Å². The fourth-order valence-corrected chi connectivity index (χ4v) is 7.30. The third-order valence-electron chi connectivity index (χ3n) is 8.22. The zero-order valence-corrected chi connectivity index (χ0v) is 25.2. The minimum absolute atomic E-state index is 0.0381. The average molecular weight is 649 g/mol. The Kier molecular flexibility index (Phi) is 11.0. The average Bonchev–Trinajstić information content (AvgIpc) is 3.02. The Morgan fingerprint density at radius 1 is 1.00 bits per heavy atom. The smallest absolute Gasteiger partial charge is 0.383 e. The molecule has 2 aromatic rings. The van der Waals surface area contributed by atoms with E-state index in [4.69, 9.17) is 14.3 Å². The topological polar surface area (TPSA) is 94.2 Å². The summed E-state index contributed by atoms with van der Waals surface area (Å²) >= 11 is 0. The highest BCUT2D eigenvalue weighted by Crippen LogP contribution is 2.39. The first kappa shape index (κ1) is 34.2. The monoisotopic (exact) mass is 648 g/mol. The number of alkyl halides is 5. The molecule has 4 rings (SSSR count). The molecule has 2 aromatic carbocycles. The van der Waals surface area contributed by atoms with Gasteiger partial charge in [-0.1, -0.05) is 36.4 Å².